The highest BCUT2D eigenvalue weighted by molar-refractivity contribution is 5.73. The summed E-state index contributed by atoms with van der Waals surface area (Å²) in [6, 6.07) is 20.8. The van der Waals surface area contributed by atoms with Crippen LogP contribution in [0.4, 0.5) is 0 Å². The van der Waals surface area contributed by atoms with Crippen LogP contribution in [0.15, 0.2) is 66.7 Å². The van der Waals surface area contributed by atoms with Gasteiger partial charge in [-0.2, -0.15) is 0 Å². The van der Waals surface area contributed by atoms with Crippen molar-refractivity contribution in [3.05, 3.63) is 100 Å². The molecule has 8 rings (SSSR count). The number of rotatable bonds is 37. The molecule has 2 N–H and O–H groups in total. The molecule has 6 unspecified atom stereocenters. The summed E-state index contributed by atoms with van der Waals surface area (Å²) in [6.07, 6.45) is 38.6. The number of methoxy groups -OCH3 is 3. The van der Waals surface area contributed by atoms with Crippen LogP contribution in [-0.4, -0.2) is 91.7 Å². The van der Waals surface area contributed by atoms with Gasteiger partial charge in [0.15, 0.2) is 35.1 Å². The zero-order valence-electron chi connectivity index (χ0n) is 53.3. The van der Waals surface area contributed by atoms with E-state index in [0.29, 0.717) is 101 Å². The summed E-state index contributed by atoms with van der Waals surface area (Å²) >= 11 is 0. The van der Waals surface area contributed by atoms with E-state index in [-0.39, 0.29) is 12.1 Å². The van der Waals surface area contributed by atoms with Gasteiger partial charge in [-0.25, -0.2) is 9.59 Å². The molecule has 84 heavy (non-hydrogen) atoms. The second-order valence-corrected chi connectivity index (χ2v) is 25.8. The lowest BCUT2D eigenvalue weighted by Crippen LogP contribution is -2.61. The predicted octanol–water partition coefficient (Wildman–Crippen LogP) is 18.8. The second kappa shape index (κ2) is 34.2. The average Bonchev–Trinajstić information content (AvgIpc) is 1.63. The topological polar surface area (TPSA) is 121 Å². The van der Waals surface area contributed by atoms with Crippen molar-refractivity contribution in [2.75, 3.05) is 48.5 Å². The number of aliphatic carboxylic acids is 2. The Morgan fingerprint density at radius 2 is 0.917 bits per heavy atom. The first-order valence-corrected chi connectivity index (χ1v) is 33.6. The summed E-state index contributed by atoms with van der Waals surface area (Å²) in [5, 5.41) is 22.7. The van der Waals surface area contributed by atoms with Crippen molar-refractivity contribution < 1.29 is 52.5 Å². The van der Waals surface area contributed by atoms with Gasteiger partial charge in [-0.1, -0.05) is 199 Å². The Morgan fingerprint density at radius 3 is 1.39 bits per heavy atom. The van der Waals surface area contributed by atoms with E-state index in [1.54, 1.807) is 21.3 Å². The maximum Gasteiger partial charge on any atom is 0.362 e. The molecule has 4 aromatic carbocycles. The van der Waals surface area contributed by atoms with Crippen molar-refractivity contribution in [1.82, 2.24) is 0 Å². The summed E-state index contributed by atoms with van der Waals surface area (Å²) in [4.78, 5) is 27.7. The highest BCUT2D eigenvalue weighted by Gasteiger charge is 2.51. The molecular formula is C73H110N2O9+2. The molecule has 0 amide bonds. The quantitative estimate of drug-likeness (QED) is 0.0336. The van der Waals surface area contributed by atoms with Crippen LogP contribution >= 0.6 is 0 Å². The van der Waals surface area contributed by atoms with Gasteiger partial charge in [0.05, 0.1) is 54.1 Å². The highest BCUT2D eigenvalue weighted by atomic mass is 16.5. The molecule has 6 atom stereocenters. The van der Waals surface area contributed by atoms with E-state index in [4.69, 9.17) is 23.7 Å². The van der Waals surface area contributed by atoms with Crippen LogP contribution in [0.3, 0.4) is 0 Å². The van der Waals surface area contributed by atoms with Crippen molar-refractivity contribution in [3.8, 4) is 40.2 Å². The van der Waals surface area contributed by atoms with Crippen LogP contribution in [-0.2, 0) is 35.3 Å². The van der Waals surface area contributed by atoms with E-state index in [0.717, 1.165) is 71.9 Å². The van der Waals surface area contributed by atoms with Gasteiger partial charge in [0.2, 0.25) is 0 Å². The number of quaternary nitrogens is 2. The van der Waals surface area contributed by atoms with E-state index < -0.39 is 24.0 Å². The molecule has 4 heterocycles. The Morgan fingerprint density at radius 1 is 0.476 bits per heavy atom. The molecule has 0 saturated carbocycles. The van der Waals surface area contributed by atoms with Gasteiger partial charge < -0.3 is 42.9 Å². The summed E-state index contributed by atoms with van der Waals surface area (Å²) in [7, 11) is 9.34. The van der Waals surface area contributed by atoms with E-state index in [1.807, 2.05) is 30.3 Å². The Bertz CT molecular complexity index is 2640. The number of ether oxygens (including phenoxy) is 5. The predicted molar refractivity (Wildman–Crippen MR) is 341 cm³/mol. The summed E-state index contributed by atoms with van der Waals surface area (Å²) in [6.45, 7) is 5.84. The first kappa shape index (κ1) is 66.3. The molecule has 0 fully saturated rings. The SMILES string of the molecule is CCCCCCCCCCCCCCCCC(C(=O)O)[N+]1(C)CCc2cc(OC)c3cc2C1Cc1ccc(cc1)Oc1cc(ccc1OC)CC1c2c(cc(OC)cc2O3)CC[N+]1(C)C(CCCCCCCCCCCCCCCC)C(=O)O. The van der Waals surface area contributed by atoms with Crippen LogP contribution < -0.4 is 23.7 Å². The fourth-order valence-corrected chi connectivity index (χ4v) is 14.6. The molecule has 0 radical (unpaired) electrons. The lowest BCUT2D eigenvalue weighted by atomic mass is 9.83. The van der Waals surface area contributed by atoms with Crippen LogP contribution in [0, 0.1) is 0 Å². The first-order chi connectivity index (χ1) is 40.9. The molecule has 11 nitrogen and oxygen atoms in total. The molecule has 4 aliphatic rings. The largest absolute Gasteiger partial charge is 0.497 e. The Labute approximate surface area is 507 Å². The van der Waals surface area contributed by atoms with Crippen molar-refractivity contribution >= 4 is 11.9 Å². The van der Waals surface area contributed by atoms with Gasteiger partial charge in [0.1, 0.15) is 29.3 Å². The number of benzene rings is 4. The molecule has 11 heteroatoms. The van der Waals surface area contributed by atoms with E-state index in [1.165, 1.54) is 141 Å². The summed E-state index contributed by atoms with van der Waals surface area (Å²) < 4.78 is 32.9. The summed E-state index contributed by atoms with van der Waals surface area (Å²) in [5.74, 6) is 2.70. The average molecular weight is 1160 g/mol. The molecule has 0 spiro atoms. The third-order valence-electron chi connectivity index (χ3n) is 19.8. The Hall–Kier alpha value is -5.26. The number of likely N-dealkylation sites (N-methyl/N-ethyl adjacent to an activating group) is 2. The van der Waals surface area contributed by atoms with Gasteiger partial charge in [-0.3, -0.25) is 0 Å². The third kappa shape index (κ3) is 18.1. The van der Waals surface area contributed by atoms with Crippen LogP contribution in [0.25, 0.3) is 0 Å². The van der Waals surface area contributed by atoms with Crippen molar-refractivity contribution in [3.63, 3.8) is 0 Å². The number of hydrogen-bond acceptors (Lipinski definition) is 7. The number of unbranched alkanes of at least 4 members (excludes halogenated alkanes) is 26. The normalized spacial score (nSPS) is 19.7. The van der Waals surface area contributed by atoms with Gasteiger partial charge in [-0.15, -0.1) is 0 Å². The molecule has 4 aromatic rings. The van der Waals surface area contributed by atoms with Crippen LogP contribution in [0.2, 0.25) is 0 Å². The van der Waals surface area contributed by atoms with E-state index in [2.05, 4.69) is 64.3 Å². The van der Waals surface area contributed by atoms with Crippen LogP contribution in [0.1, 0.15) is 252 Å². The highest BCUT2D eigenvalue weighted by Crippen LogP contribution is 2.51. The Kier molecular flexibility index (Phi) is 27.0. The minimum absolute atomic E-state index is 0.227. The molecular weight excluding hydrogens is 1050 g/mol. The minimum atomic E-state index is -0.777. The van der Waals surface area contributed by atoms with Crippen molar-refractivity contribution in [1.29, 1.82) is 0 Å². The fraction of sp³-hybridized carbons (Fsp3) is 0.644. The fourth-order valence-electron chi connectivity index (χ4n) is 14.6. The standard InChI is InChI=1S/C73H108N2O9/c1-8-10-12-14-16-18-20-22-24-26-28-30-32-34-36-62(72(76)77)74(3)46-44-57-52-67(82-7)69-54-61(57)64(74)48-55-38-41-59(42-39-55)83-68-50-56(40-43-66(68)81-6)49-65-71-58(51-60(80-5)53-70(71)84-69)45-47-75(65,4)63(73(78)79)37-35-33-31-29-27-25-23-21-19-17-15-13-11-9-2/h38-43,50-54,62-65H,8-37,44-49H2,1-7H3/p+2. The van der Waals surface area contributed by atoms with E-state index >= 15 is 0 Å². The maximum atomic E-state index is 13.9. The zero-order chi connectivity index (χ0) is 59.7. The van der Waals surface area contributed by atoms with Crippen LogP contribution in [0.5, 0.6) is 40.2 Å². The number of hydrogen-bond donors (Lipinski definition) is 2. The smallest absolute Gasteiger partial charge is 0.362 e. The van der Waals surface area contributed by atoms with Crippen molar-refractivity contribution in [2.24, 2.45) is 0 Å². The third-order valence-corrected chi connectivity index (χ3v) is 19.8. The Balaban J connectivity index is 1.18. The minimum Gasteiger partial charge on any atom is -0.497 e. The molecule has 0 aromatic heterocycles. The maximum absolute atomic E-state index is 13.9. The first-order valence-electron chi connectivity index (χ1n) is 33.6. The zero-order valence-corrected chi connectivity index (χ0v) is 53.3. The molecule has 0 aliphatic carbocycles. The molecule has 4 aliphatic heterocycles. The monoisotopic (exact) mass is 1160 g/mol. The number of carboxylic acid groups (broad SMARTS) is 2. The lowest BCUT2D eigenvalue weighted by Gasteiger charge is -2.49. The molecule has 464 valence electrons. The second-order valence-electron chi connectivity index (χ2n) is 25.8. The van der Waals surface area contributed by atoms with Crippen molar-refractivity contribution in [2.45, 2.75) is 256 Å². The summed E-state index contributed by atoms with van der Waals surface area (Å²) in [5.41, 5.74) is 6.28. The number of nitrogens with zero attached hydrogens (tertiary/aromatic N) is 2. The number of fused-ring (bicyclic) bond motifs is 2. The molecule has 6 bridgehead atoms. The van der Waals surface area contributed by atoms with Gasteiger partial charge >= 0.3 is 11.9 Å². The van der Waals surface area contributed by atoms with E-state index in [9.17, 15) is 19.8 Å². The number of carboxylic acids is 2. The number of carbonyl (C=O) groups is 2. The van der Waals surface area contributed by atoms with Gasteiger partial charge in [-0.05, 0) is 77.6 Å². The van der Waals surface area contributed by atoms with Gasteiger partial charge in [0, 0.05) is 50.2 Å². The lowest BCUT2D eigenvalue weighted by molar-refractivity contribution is -0.956. The molecule has 0 saturated heterocycles. The van der Waals surface area contributed by atoms with Gasteiger partial charge in [0.25, 0.3) is 0 Å².